The van der Waals surface area contributed by atoms with Crippen LogP contribution in [-0.4, -0.2) is 30.6 Å². The lowest BCUT2D eigenvalue weighted by atomic mass is 10.2. The molecule has 0 N–H and O–H groups in total. The Bertz CT molecular complexity index is 1490. The van der Waals surface area contributed by atoms with Crippen LogP contribution < -0.4 is 5.56 Å². The van der Waals surface area contributed by atoms with Crippen molar-refractivity contribution in [2.75, 3.05) is 5.75 Å². The fourth-order valence-corrected chi connectivity index (χ4v) is 7.08. The third-order valence-electron chi connectivity index (χ3n) is 5.24. The van der Waals surface area contributed by atoms with Crippen LogP contribution in [0, 0.1) is 13.8 Å². The number of ketones is 1. The van der Waals surface area contributed by atoms with Crippen LogP contribution in [0.5, 0.6) is 0 Å². The molecular weight excluding hydrogens is 481 g/mol. The van der Waals surface area contributed by atoms with Crippen LogP contribution >= 0.6 is 45.8 Å². The highest BCUT2D eigenvalue weighted by molar-refractivity contribution is 7.99. The van der Waals surface area contributed by atoms with Crippen LogP contribution in [0.1, 0.15) is 21.7 Å². The molecule has 6 nitrogen and oxygen atoms in total. The first-order valence-corrected chi connectivity index (χ1v) is 13.3. The van der Waals surface area contributed by atoms with E-state index in [-0.39, 0.29) is 17.1 Å². The molecule has 0 unspecified atom stereocenters. The average molecular weight is 499 g/mol. The van der Waals surface area contributed by atoms with Crippen molar-refractivity contribution >= 4 is 61.8 Å². The maximum absolute atomic E-state index is 13.1. The van der Waals surface area contributed by atoms with Gasteiger partial charge in [0.25, 0.3) is 5.56 Å². The Kier molecular flexibility index (Phi) is 5.62. The highest BCUT2D eigenvalue weighted by Gasteiger charge is 2.20. The number of nitrogens with zero attached hydrogens (tertiary/aromatic N) is 4. The van der Waals surface area contributed by atoms with Gasteiger partial charge >= 0.3 is 0 Å². The third-order valence-corrected chi connectivity index (χ3v) is 8.80. The molecular formula is C22H18N4O2S4. The molecule has 10 heteroatoms. The normalized spacial score (nSPS) is 11.5. The Morgan fingerprint density at radius 1 is 1.19 bits per heavy atom. The second-order valence-corrected chi connectivity index (χ2v) is 10.8. The van der Waals surface area contributed by atoms with Crippen molar-refractivity contribution in [3.05, 3.63) is 67.8 Å². The third kappa shape index (κ3) is 3.57. The number of hydrogen-bond donors (Lipinski definition) is 0. The summed E-state index contributed by atoms with van der Waals surface area (Å²) in [7, 11) is 1.71. The van der Waals surface area contributed by atoms with E-state index < -0.39 is 0 Å². The number of thiophene rings is 2. The predicted molar refractivity (Wildman–Crippen MR) is 134 cm³/mol. The number of aryl methyl sites for hydroxylation is 1. The zero-order chi connectivity index (χ0) is 22.4. The molecule has 0 aliphatic carbocycles. The van der Waals surface area contributed by atoms with E-state index in [9.17, 15) is 9.59 Å². The summed E-state index contributed by atoms with van der Waals surface area (Å²) in [5, 5.41) is 7.94. The van der Waals surface area contributed by atoms with Crippen molar-refractivity contribution in [2.45, 2.75) is 19.0 Å². The summed E-state index contributed by atoms with van der Waals surface area (Å²) in [6, 6.07) is 5.89. The Balaban J connectivity index is 1.43. The summed E-state index contributed by atoms with van der Waals surface area (Å²) in [5.74, 6) is 0.211. The maximum atomic E-state index is 13.1. The lowest BCUT2D eigenvalue weighted by molar-refractivity contribution is 0.102. The second kappa shape index (κ2) is 8.43. The van der Waals surface area contributed by atoms with Crippen molar-refractivity contribution in [2.24, 2.45) is 7.05 Å². The minimum Gasteiger partial charge on any atom is -0.294 e. The van der Waals surface area contributed by atoms with E-state index in [4.69, 9.17) is 4.98 Å². The molecule has 0 saturated heterocycles. The van der Waals surface area contributed by atoms with E-state index in [1.807, 2.05) is 52.8 Å². The first-order chi connectivity index (χ1) is 15.5. The summed E-state index contributed by atoms with van der Waals surface area (Å²) in [4.78, 5) is 37.0. The van der Waals surface area contributed by atoms with Crippen molar-refractivity contribution < 1.29 is 4.79 Å². The first kappa shape index (κ1) is 21.3. The maximum Gasteiger partial charge on any atom is 0.263 e. The minimum absolute atomic E-state index is 0.00528. The van der Waals surface area contributed by atoms with Gasteiger partial charge in [-0.3, -0.25) is 18.7 Å². The smallest absolute Gasteiger partial charge is 0.263 e. The van der Waals surface area contributed by atoms with Gasteiger partial charge in [-0.2, -0.15) is 0 Å². The summed E-state index contributed by atoms with van der Waals surface area (Å²) < 4.78 is 3.54. The number of aromatic nitrogens is 4. The monoisotopic (exact) mass is 498 g/mol. The lowest BCUT2D eigenvalue weighted by Gasteiger charge is -2.08. The Morgan fingerprint density at radius 3 is 2.75 bits per heavy atom. The fourth-order valence-electron chi connectivity index (χ4n) is 3.67. The Hall–Kier alpha value is -2.53. The number of thiazole rings is 1. The summed E-state index contributed by atoms with van der Waals surface area (Å²) in [5.41, 5.74) is 3.36. The molecule has 0 radical (unpaired) electrons. The molecule has 0 fully saturated rings. The van der Waals surface area contributed by atoms with Crippen LogP contribution in [0.2, 0.25) is 0 Å². The van der Waals surface area contributed by atoms with Crippen molar-refractivity contribution in [1.29, 1.82) is 0 Å². The van der Waals surface area contributed by atoms with E-state index in [0.717, 1.165) is 27.0 Å². The van der Waals surface area contributed by atoms with Gasteiger partial charge in [0, 0.05) is 51.4 Å². The van der Waals surface area contributed by atoms with E-state index in [2.05, 4.69) is 4.98 Å². The molecule has 5 aromatic heterocycles. The largest absolute Gasteiger partial charge is 0.294 e. The molecule has 162 valence electrons. The molecule has 5 aromatic rings. The van der Waals surface area contributed by atoms with Crippen LogP contribution in [0.4, 0.5) is 0 Å². The predicted octanol–water partition coefficient (Wildman–Crippen LogP) is 5.56. The van der Waals surface area contributed by atoms with Crippen molar-refractivity contribution in [3.8, 4) is 15.6 Å². The van der Waals surface area contributed by atoms with Crippen LogP contribution in [-0.2, 0) is 7.05 Å². The van der Waals surface area contributed by atoms with Crippen LogP contribution in [0.3, 0.4) is 0 Å². The quantitative estimate of drug-likeness (QED) is 0.174. The van der Waals surface area contributed by atoms with E-state index in [0.29, 0.717) is 20.9 Å². The van der Waals surface area contributed by atoms with Crippen molar-refractivity contribution in [3.63, 3.8) is 0 Å². The SMILES string of the molecule is Cc1cc(C(=O)CSc2nc3scc(-c4cccs4)c3c(=O)n2C)c(C)n1-c1nccs1. The number of hydrogen-bond acceptors (Lipinski definition) is 8. The van der Waals surface area contributed by atoms with Gasteiger partial charge in [0.1, 0.15) is 4.83 Å². The number of thioether (sulfide) groups is 1. The molecule has 0 bridgehead atoms. The highest BCUT2D eigenvalue weighted by Crippen LogP contribution is 2.34. The van der Waals surface area contributed by atoms with Gasteiger partial charge in [-0.15, -0.1) is 34.0 Å². The number of carbonyl (C=O) groups is 1. The van der Waals surface area contributed by atoms with Gasteiger partial charge in [-0.05, 0) is 31.4 Å². The summed E-state index contributed by atoms with van der Waals surface area (Å²) in [6.07, 6.45) is 1.76. The molecule has 0 saturated carbocycles. The van der Waals surface area contributed by atoms with Crippen LogP contribution in [0.25, 0.3) is 25.8 Å². The van der Waals surface area contributed by atoms with Crippen LogP contribution in [0.15, 0.2) is 50.5 Å². The standard InChI is InChI=1S/C22H18N4O2S4/c1-12-9-14(13(2)26(12)21-23-6-8-30-21)16(27)11-32-22-24-19-18(20(28)25(22)3)15(10-31-19)17-5-4-7-29-17/h4-10H,11H2,1-3H3. The molecule has 32 heavy (non-hydrogen) atoms. The topological polar surface area (TPSA) is 69.8 Å². The molecule has 0 aliphatic heterocycles. The summed E-state index contributed by atoms with van der Waals surface area (Å²) in [6.45, 7) is 3.91. The Labute approximate surface area is 200 Å². The number of Topliss-reactive ketones (excluding diaryl/α,β-unsaturated/α-hetero) is 1. The zero-order valence-electron chi connectivity index (χ0n) is 17.5. The number of fused-ring (bicyclic) bond motifs is 1. The Morgan fingerprint density at radius 2 is 2.03 bits per heavy atom. The molecule has 0 aliphatic rings. The van der Waals surface area contributed by atoms with Crippen molar-refractivity contribution in [1.82, 2.24) is 19.1 Å². The molecule has 0 atom stereocenters. The van der Waals surface area contributed by atoms with Gasteiger partial charge in [0.15, 0.2) is 16.1 Å². The van der Waals surface area contributed by atoms with E-state index >= 15 is 0 Å². The van der Waals surface area contributed by atoms with E-state index in [1.54, 1.807) is 29.1 Å². The molecule has 5 rings (SSSR count). The van der Waals surface area contributed by atoms with Gasteiger partial charge in [0.05, 0.1) is 11.1 Å². The van der Waals surface area contributed by atoms with Gasteiger partial charge in [-0.1, -0.05) is 17.8 Å². The zero-order valence-corrected chi connectivity index (χ0v) is 20.8. The minimum atomic E-state index is -0.0865. The van der Waals surface area contributed by atoms with Gasteiger partial charge in [0.2, 0.25) is 0 Å². The summed E-state index contributed by atoms with van der Waals surface area (Å²) >= 11 is 5.90. The number of carbonyl (C=O) groups excluding carboxylic acids is 1. The second-order valence-electron chi connectivity index (χ2n) is 7.21. The highest BCUT2D eigenvalue weighted by atomic mass is 32.2. The fraction of sp³-hybridized carbons (Fsp3) is 0.182. The molecule has 5 heterocycles. The van der Waals surface area contributed by atoms with Gasteiger partial charge < -0.3 is 0 Å². The lowest BCUT2D eigenvalue weighted by Crippen LogP contribution is -2.20. The van der Waals surface area contributed by atoms with Gasteiger partial charge in [-0.25, -0.2) is 9.97 Å². The average Bonchev–Trinajstić information content (AvgIpc) is 3.56. The molecule has 0 aromatic carbocycles. The molecule has 0 amide bonds. The number of rotatable bonds is 6. The van der Waals surface area contributed by atoms with E-state index in [1.165, 1.54) is 34.4 Å². The first-order valence-electron chi connectivity index (χ1n) is 9.72. The molecule has 0 spiro atoms.